The van der Waals surface area contributed by atoms with Gasteiger partial charge in [-0.3, -0.25) is 9.78 Å². The van der Waals surface area contributed by atoms with E-state index in [0.29, 0.717) is 35.2 Å². The third-order valence-electron chi connectivity index (χ3n) is 7.47. The van der Waals surface area contributed by atoms with Crippen molar-refractivity contribution in [1.82, 2.24) is 4.98 Å². The summed E-state index contributed by atoms with van der Waals surface area (Å²) in [5.74, 6) is -1.12. The van der Waals surface area contributed by atoms with Crippen LogP contribution < -0.4 is 18.9 Å². The van der Waals surface area contributed by atoms with Crippen molar-refractivity contribution in [2.24, 2.45) is 11.8 Å². The monoisotopic (exact) mass is 733 g/mol. The lowest BCUT2D eigenvalue weighted by atomic mass is 10.0. The summed E-state index contributed by atoms with van der Waals surface area (Å²) >= 11 is 14.3. The van der Waals surface area contributed by atoms with E-state index in [9.17, 15) is 22.0 Å². The van der Waals surface area contributed by atoms with E-state index < -0.39 is 40.2 Å². The van der Waals surface area contributed by atoms with Crippen LogP contribution in [-0.4, -0.2) is 64.6 Å². The highest BCUT2D eigenvalue weighted by Crippen LogP contribution is 2.38. The molecule has 47 heavy (non-hydrogen) atoms. The van der Waals surface area contributed by atoms with Gasteiger partial charge in [0.05, 0.1) is 47.4 Å². The molecule has 15 heteroatoms. The van der Waals surface area contributed by atoms with Crippen LogP contribution in [0.25, 0.3) is 0 Å². The topological polar surface area (TPSA) is 110 Å². The van der Waals surface area contributed by atoms with Gasteiger partial charge >= 0.3 is 12.6 Å². The van der Waals surface area contributed by atoms with E-state index in [1.807, 2.05) is 6.26 Å². The van der Waals surface area contributed by atoms with Crippen molar-refractivity contribution in [2.75, 3.05) is 38.6 Å². The van der Waals surface area contributed by atoms with Crippen LogP contribution in [0, 0.1) is 11.8 Å². The molecule has 256 valence electrons. The van der Waals surface area contributed by atoms with Gasteiger partial charge in [0, 0.05) is 24.9 Å². The molecule has 1 aliphatic rings. The summed E-state index contributed by atoms with van der Waals surface area (Å²) in [6, 6.07) is 8.46. The van der Waals surface area contributed by atoms with Gasteiger partial charge in [-0.1, -0.05) is 29.3 Å². The lowest BCUT2D eigenvalue weighted by Gasteiger charge is -2.24. The second-order valence-corrected chi connectivity index (χ2v) is 14.7. The van der Waals surface area contributed by atoms with Crippen LogP contribution in [0.15, 0.2) is 53.7 Å². The highest BCUT2D eigenvalue weighted by Gasteiger charge is 2.32. The van der Waals surface area contributed by atoms with Crippen molar-refractivity contribution < 1.29 is 45.7 Å². The fourth-order valence-electron chi connectivity index (χ4n) is 4.71. The van der Waals surface area contributed by atoms with Crippen molar-refractivity contribution >= 4 is 50.8 Å². The molecule has 9 nitrogen and oxygen atoms in total. The first-order valence-corrected chi connectivity index (χ1v) is 18.4. The minimum Gasteiger partial charge on any atom is -0.493 e. The number of carbonyl (C=O) groups is 1. The molecule has 1 fully saturated rings. The molecule has 0 amide bonds. The van der Waals surface area contributed by atoms with Crippen LogP contribution >= 0.6 is 35.0 Å². The average Bonchev–Trinajstić information content (AvgIpc) is 3.87. The molecule has 1 aromatic heterocycles. The van der Waals surface area contributed by atoms with E-state index in [1.54, 1.807) is 0 Å². The molecule has 0 saturated heterocycles. The molecule has 3 aromatic rings. The summed E-state index contributed by atoms with van der Waals surface area (Å²) < 4.78 is 80.6. The molecule has 0 unspecified atom stereocenters. The van der Waals surface area contributed by atoms with Crippen molar-refractivity contribution in [2.45, 2.75) is 43.3 Å². The van der Waals surface area contributed by atoms with E-state index in [2.05, 4.69) is 9.72 Å². The minimum atomic E-state index is -4.00. The number of ether oxygens (including phenoxy) is 5. The first-order chi connectivity index (χ1) is 22.4. The third-order valence-corrected chi connectivity index (χ3v) is 10.6. The van der Waals surface area contributed by atoms with Gasteiger partial charge in [0.1, 0.15) is 6.10 Å². The number of pyridine rings is 1. The molecule has 1 heterocycles. The Morgan fingerprint density at radius 1 is 1.00 bits per heavy atom. The standard InChI is InChI=1S/C32H35Cl2F2NO8S2/c1-41-26-9-7-22(13-29(26)42-2)47(39,40)18-21(10-11-46-3)31(38)44-28(14-23-24(33)15-37-16-25(23)34)20-6-8-27(45-32(35)36)30(12-20)43-17-19-4-5-19/h6-9,12-13,15-16,19,21,28,32H,4-5,10-11,14,17-18H2,1-3H3/t21-,28-/m0/s1. The largest absolute Gasteiger partial charge is 0.493 e. The Kier molecular flexibility index (Phi) is 13.2. The maximum atomic E-state index is 13.9. The van der Waals surface area contributed by atoms with Gasteiger partial charge in [-0.05, 0) is 72.6 Å². The maximum absolute atomic E-state index is 13.9. The van der Waals surface area contributed by atoms with Gasteiger partial charge in [-0.2, -0.15) is 20.5 Å². The zero-order chi connectivity index (χ0) is 34.1. The molecule has 2 atom stereocenters. The lowest BCUT2D eigenvalue weighted by Crippen LogP contribution is -2.28. The quantitative estimate of drug-likeness (QED) is 0.122. The van der Waals surface area contributed by atoms with Gasteiger partial charge in [0.2, 0.25) is 0 Å². The van der Waals surface area contributed by atoms with Gasteiger partial charge in [-0.25, -0.2) is 8.42 Å². The van der Waals surface area contributed by atoms with E-state index in [-0.39, 0.29) is 45.0 Å². The Bertz CT molecular complexity index is 1620. The molecule has 1 saturated carbocycles. The highest BCUT2D eigenvalue weighted by atomic mass is 35.5. The molecule has 4 rings (SSSR count). The Hall–Kier alpha value is -3.00. The number of halogens is 4. The van der Waals surface area contributed by atoms with Crippen LogP contribution in [0.4, 0.5) is 8.78 Å². The number of hydrogen-bond donors (Lipinski definition) is 0. The Labute approximate surface area is 287 Å². The molecule has 0 spiro atoms. The predicted molar refractivity (Wildman–Crippen MR) is 176 cm³/mol. The summed E-state index contributed by atoms with van der Waals surface area (Å²) in [6.07, 6.45) is 5.66. The van der Waals surface area contributed by atoms with Crippen LogP contribution in [0.2, 0.25) is 10.0 Å². The molecule has 2 aromatic carbocycles. The number of esters is 1. The summed E-state index contributed by atoms with van der Waals surface area (Å²) in [5, 5.41) is 0.438. The third kappa shape index (κ3) is 10.2. The first kappa shape index (κ1) is 36.8. The number of aromatic nitrogens is 1. The Morgan fingerprint density at radius 2 is 1.68 bits per heavy atom. The summed E-state index contributed by atoms with van der Waals surface area (Å²) in [4.78, 5) is 17.8. The summed E-state index contributed by atoms with van der Waals surface area (Å²) in [7, 11) is -1.18. The lowest BCUT2D eigenvalue weighted by molar-refractivity contribution is -0.153. The number of benzene rings is 2. The van der Waals surface area contributed by atoms with Crippen molar-refractivity contribution in [3.63, 3.8) is 0 Å². The zero-order valence-electron chi connectivity index (χ0n) is 25.9. The Morgan fingerprint density at radius 3 is 2.30 bits per heavy atom. The second kappa shape index (κ2) is 16.9. The number of hydrogen-bond acceptors (Lipinski definition) is 10. The minimum absolute atomic E-state index is 0.0271. The van der Waals surface area contributed by atoms with E-state index in [1.165, 1.54) is 74.8 Å². The smallest absolute Gasteiger partial charge is 0.387 e. The van der Waals surface area contributed by atoms with Crippen LogP contribution in [0.3, 0.4) is 0 Å². The van der Waals surface area contributed by atoms with Crippen molar-refractivity contribution in [1.29, 1.82) is 0 Å². The maximum Gasteiger partial charge on any atom is 0.387 e. The molecule has 0 N–H and O–H groups in total. The molecule has 1 aliphatic carbocycles. The van der Waals surface area contributed by atoms with E-state index >= 15 is 0 Å². The van der Waals surface area contributed by atoms with Gasteiger partial charge < -0.3 is 23.7 Å². The number of methoxy groups -OCH3 is 2. The number of thioether (sulfide) groups is 1. The molecular formula is C32H35Cl2F2NO8S2. The fraction of sp³-hybridized carbons (Fsp3) is 0.438. The normalized spacial score (nSPS) is 14.4. The number of rotatable bonds is 18. The average molecular weight is 735 g/mol. The van der Waals surface area contributed by atoms with Crippen molar-refractivity contribution in [3.8, 4) is 23.0 Å². The summed E-state index contributed by atoms with van der Waals surface area (Å²) in [5.41, 5.74) is 0.800. The number of alkyl halides is 2. The second-order valence-electron chi connectivity index (χ2n) is 10.8. The van der Waals surface area contributed by atoms with E-state index in [0.717, 1.165) is 12.8 Å². The highest BCUT2D eigenvalue weighted by molar-refractivity contribution is 7.98. The summed E-state index contributed by atoms with van der Waals surface area (Å²) in [6.45, 7) is -2.78. The van der Waals surface area contributed by atoms with Crippen molar-refractivity contribution in [3.05, 3.63) is 70.0 Å². The number of sulfone groups is 1. The molecule has 0 bridgehead atoms. The molecule has 0 aliphatic heterocycles. The van der Waals surface area contributed by atoms with Crippen LogP contribution in [0.5, 0.6) is 23.0 Å². The van der Waals surface area contributed by atoms with Crippen LogP contribution in [0.1, 0.15) is 36.5 Å². The molecule has 0 radical (unpaired) electrons. The molecular weight excluding hydrogens is 699 g/mol. The van der Waals surface area contributed by atoms with Gasteiger partial charge in [0.25, 0.3) is 0 Å². The first-order valence-electron chi connectivity index (χ1n) is 14.6. The number of carbonyl (C=O) groups excluding carboxylic acids is 1. The van der Waals surface area contributed by atoms with E-state index in [4.69, 9.17) is 42.1 Å². The predicted octanol–water partition coefficient (Wildman–Crippen LogP) is 7.47. The SMILES string of the molecule is COc1ccc(S(=O)(=O)C[C@H](CCSC)C(=O)O[C@@H](Cc2c(Cl)cncc2Cl)c2ccc(OC(F)F)c(OCC3CC3)c2)cc1OC. The number of nitrogens with zero attached hydrogens (tertiary/aromatic N) is 1. The van der Waals surface area contributed by atoms with Gasteiger partial charge in [0.15, 0.2) is 32.8 Å². The Balaban J connectivity index is 1.68. The zero-order valence-corrected chi connectivity index (χ0v) is 29.1. The fourth-order valence-corrected chi connectivity index (χ4v) is 7.33. The van der Waals surface area contributed by atoms with Crippen LogP contribution in [-0.2, 0) is 25.8 Å². The van der Waals surface area contributed by atoms with Gasteiger partial charge in [-0.15, -0.1) is 0 Å².